The Balaban J connectivity index is 1.58. The second-order valence-corrected chi connectivity index (χ2v) is 6.63. The Labute approximate surface area is 131 Å². The van der Waals surface area contributed by atoms with Crippen molar-refractivity contribution in [3.63, 3.8) is 0 Å². The Bertz CT molecular complexity index is 558. The molecule has 3 saturated heterocycles. The standard InChI is InChI=1S/C18H24N2O2/c1-18(22,16-5-3-2-4-6-16)13-19-17(21)11-15-12-20-9-7-14(15)8-10-20/h2-6,11,14,22H,7-10,12-13H2,1H3,(H,19,21)/b15-11-. The molecule has 4 rings (SSSR count). The number of hydrogen-bond acceptors (Lipinski definition) is 3. The first-order chi connectivity index (χ1) is 10.5. The molecule has 0 spiro atoms. The van der Waals surface area contributed by atoms with E-state index in [0.29, 0.717) is 5.92 Å². The number of benzene rings is 1. The summed E-state index contributed by atoms with van der Waals surface area (Å²) < 4.78 is 0. The van der Waals surface area contributed by atoms with Crippen LogP contribution in [0, 0.1) is 5.92 Å². The van der Waals surface area contributed by atoms with Gasteiger partial charge in [-0.25, -0.2) is 0 Å². The first kappa shape index (κ1) is 15.3. The second kappa shape index (κ2) is 6.23. The van der Waals surface area contributed by atoms with E-state index in [9.17, 15) is 9.90 Å². The van der Waals surface area contributed by atoms with Crippen LogP contribution < -0.4 is 5.32 Å². The van der Waals surface area contributed by atoms with Crippen molar-refractivity contribution in [2.75, 3.05) is 26.2 Å². The molecule has 22 heavy (non-hydrogen) atoms. The number of aliphatic hydroxyl groups is 1. The summed E-state index contributed by atoms with van der Waals surface area (Å²) in [7, 11) is 0. The highest BCUT2D eigenvalue weighted by Crippen LogP contribution is 2.31. The summed E-state index contributed by atoms with van der Waals surface area (Å²) in [6.07, 6.45) is 4.08. The predicted octanol–water partition coefficient (Wildman–Crippen LogP) is 1.66. The van der Waals surface area contributed by atoms with Gasteiger partial charge in [0.05, 0.1) is 6.54 Å². The molecule has 1 aromatic carbocycles. The molecular weight excluding hydrogens is 276 g/mol. The van der Waals surface area contributed by atoms with Crippen LogP contribution in [0.5, 0.6) is 0 Å². The van der Waals surface area contributed by atoms with Gasteiger partial charge < -0.3 is 10.4 Å². The highest BCUT2D eigenvalue weighted by atomic mass is 16.3. The smallest absolute Gasteiger partial charge is 0.244 e. The number of amides is 1. The molecule has 0 aliphatic carbocycles. The fourth-order valence-electron chi connectivity index (χ4n) is 3.39. The van der Waals surface area contributed by atoms with Crippen molar-refractivity contribution in [1.29, 1.82) is 0 Å². The molecule has 3 fully saturated rings. The van der Waals surface area contributed by atoms with Crippen LogP contribution in [0.25, 0.3) is 0 Å². The number of fused-ring (bicyclic) bond motifs is 3. The molecule has 3 heterocycles. The van der Waals surface area contributed by atoms with E-state index in [1.54, 1.807) is 13.0 Å². The van der Waals surface area contributed by atoms with E-state index in [2.05, 4.69) is 10.2 Å². The molecule has 118 valence electrons. The van der Waals surface area contributed by atoms with E-state index in [1.807, 2.05) is 30.3 Å². The maximum absolute atomic E-state index is 12.1. The van der Waals surface area contributed by atoms with Gasteiger partial charge >= 0.3 is 0 Å². The average Bonchev–Trinajstić information content (AvgIpc) is 2.55. The minimum atomic E-state index is -1.05. The number of rotatable bonds is 4. The van der Waals surface area contributed by atoms with Crippen molar-refractivity contribution in [3.05, 3.63) is 47.5 Å². The van der Waals surface area contributed by atoms with E-state index in [0.717, 1.165) is 25.2 Å². The van der Waals surface area contributed by atoms with Crippen molar-refractivity contribution >= 4 is 5.91 Å². The van der Waals surface area contributed by atoms with Crippen molar-refractivity contribution in [2.45, 2.75) is 25.4 Å². The molecule has 0 aromatic heterocycles. The van der Waals surface area contributed by atoms with E-state index in [1.165, 1.54) is 18.4 Å². The Morgan fingerprint density at radius 2 is 2.05 bits per heavy atom. The molecule has 1 unspecified atom stereocenters. The summed E-state index contributed by atoms with van der Waals surface area (Å²) >= 11 is 0. The van der Waals surface area contributed by atoms with Crippen LogP contribution in [0.4, 0.5) is 0 Å². The minimum Gasteiger partial charge on any atom is -0.384 e. The first-order valence-electron chi connectivity index (χ1n) is 8.03. The second-order valence-electron chi connectivity index (χ2n) is 6.63. The molecule has 1 amide bonds. The minimum absolute atomic E-state index is 0.0973. The highest BCUT2D eigenvalue weighted by molar-refractivity contribution is 5.88. The van der Waals surface area contributed by atoms with Gasteiger partial charge in [0.1, 0.15) is 5.60 Å². The van der Waals surface area contributed by atoms with Gasteiger partial charge in [0, 0.05) is 12.6 Å². The SMILES string of the molecule is CC(O)(CNC(=O)/C=C1/CN2CCC1CC2)c1ccccc1. The third kappa shape index (κ3) is 3.39. The summed E-state index contributed by atoms with van der Waals surface area (Å²) in [4.78, 5) is 14.6. The van der Waals surface area contributed by atoms with Crippen LogP contribution >= 0.6 is 0 Å². The number of nitrogens with one attached hydrogen (secondary N) is 1. The summed E-state index contributed by atoms with van der Waals surface area (Å²) in [6, 6.07) is 9.44. The van der Waals surface area contributed by atoms with Crippen LogP contribution in [-0.2, 0) is 10.4 Å². The van der Waals surface area contributed by atoms with Gasteiger partial charge in [0.15, 0.2) is 0 Å². The largest absolute Gasteiger partial charge is 0.384 e. The molecule has 1 aromatic rings. The normalized spacial score (nSPS) is 28.4. The monoisotopic (exact) mass is 300 g/mol. The first-order valence-corrected chi connectivity index (χ1v) is 8.03. The average molecular weight is 300 g/mol. The third-order valence-corrected chi connectivity index (χ3v) is 4.84. The zero-order chi connectivity index (χ0) is 15.6. The lowest BCUT2D eigenvalue weighted by molar-refractivity contribution is -0.117. The van der Waals surface area contributed by atoms with Gasteiger partial charge in [-0.2, -0.15) is 0 Å². The molecule has 4 heteroatoms. The van der Waals surface area contributed by atoms with Crippen LogP contribution in [0.15, 0.2) is 42.0 Å². The molecule has 3 aliphatic heterocycles. The van der Waals surface area contributed by atoms with Crippen LogP contribution in [0.3, 0.4) is 0 Å². The van der Waals surface area contributed by atoms with Gasteiger partial charge in [-0.1, -0.05) is 30.3 Å². The predicted molar refractivity (Wildman–Crippen MR) is 86.3 cm³/mol. The molecule has 4 nitrogen and oxygen atoms in total. The lowest BCUT2D eigenvalue weighted by Crippen LogP contribution is -2.44. The van der Waals surface area contributed by atoms with E-state index < -0.39 is 5.60 Å². The molecule has 2 N–H and O–H groups in total. The lowest BCUT2D eigenvalue weighted by atomic mass is 9.83. The van der Waals surface area contributed by atoms with Crippen LogP contribution in [0.1, 0.15) is 25.3 Å². The topological polar surface area (TPSA) is 52.6 Å². The fourth-order valence-corrected chi connectivity index (χ4v) is 3.39. The van der Waals surface area contributed by atoms with Crippen LogP contribution in [-0.4, -0.2) is 42.1 Å². The molecule has 1 atom stereocenters. The van der Waals surface area contributed by atoms with Gasteiger partial charge in [0.2, 0.25) is 5.91 Å². The van der Waals surface area contributed by atoms with Gasteiger partial charge in [-0.15, -0.1) is 0 Å². The fraction of sp³-hybridized carbons (Fsp3) is 0.500. The number of carbonyl (C=O) groups is 1. The number of hydrogen-bond donors (Lipinski definition) is 2. The van der Waals surface area contributed by atoms with E-state index in [-0.39, 0.29) is 12.5 Å². The number of piperidine rings is 3. The van der Waals surface area contributed by atoms with Crippen molar-refractivity contribution in [1.82, 2.24) is 10.2 Å². The molecule has 2 bridgehead atoms. The van der Waals surface area contributed by atoms with Gasteiger partial charge in [-0.3, -0.25) is 9.69 Å². The number of nitrogens with zero attached hydrogens (tertiary/aromatic N) is 1. The third-order valence-electron chi connectivity index (χ3n) is 4.84. The Kier molecular flexibility index (Phi) is 4.32. The van der Waals surface area contributed by atoms with Crippen LogP contribution in [0.2, 0.25) is 0 Å². The zero-order valence-corrected chi connectivity index (χ0v) is 13.1. The molecule has 0 saturated carbocycles. The lowest BCUT2D eigenvalue weighted by Gasteiger charge is -2.41. The Hall–Kier alpha value is -1.65. The van der Waals surface area contributed by atoms with Gasteiger partial charge in [0.25, 0.3) is 0 Å². The quantitative estimate of drug-likeness (QED) is 0.832. The molecule has 0 radical (unpaired) electrons. The molecule has 3 aliphatic rings. The maximum atomic E-state index is 12.1. The maximum Gasteiger partial charge on any atom is 0.244 e. The van der Waals surface area contributed by atoms with Crippen molar-refractivity contribution in [3.8, 4) is 0 Å². The highest BCUT2D eigenvalue weighted by Gasteiger charge is 2.30. The van der Waals surface area contributed by atoms with E-state index in [4.69, 9.17) is 0 Å². The van der Waals surface area contributed by atoms with Crippen molar-refractivity contribution < 1.29 is 9.90 Å². The van der Waals surface area contributed by atoms with Gasteiger partial charge in [-0.05, 0) is 49.9 Å². The summed E-state index contributed by atoms with van der Waals surface area (Å²) in [5, 5.41) is 13.3. The summed E-state index contributed by atoms with van der Waals surface area (Å²) in [6.45, 7) is 5.18. The Morgan fingerprint density at radius 1 is 1.36 bits per heavy atom. The zero-order valence-electron chi connectivity index (χ0n) is 13.1. The molecular formula is C18H24N2O2. The van der Waals surface area contributed by atoms with E-state index >= 15 is 0 Å². The summed E-state index contributed by atoms with van der Waals surface area (Å²) in [5.41, 5.74) is 1.00. The summed E-state index contributed by atoms with van der Waals surface area (Å²) in [5.74, 6) is 0.477. The Morgan fingerprint density at radius 3 is 2.64 bits per heavy atom. The van der Waals surface area contributed by atoms with Crippen molar-refractivity contribution in [2.24, 2.45) is 5.92 Å². The number of carbonyl (C=O) groups excluding carboxylic acids is 1.